The summed E-state index contributed by atoms with van der Waals surface area (Å²) in [6, 6.07) is 4.07. The highest BCUT2D eigenvalue weighted by molar-refractivity contribution is 7.16. The van der Waals surface area contributed by atoms with Gasteiger partial charge in [0.1, 0.15) is 0 Å². The zero-order valence-corrected chi connectivity index (χ0v) is 10.2. The van der Waals surface area contributed by atoms with Gasteiger partial charge < -0.3 is 5.73 Å². The molecule has 1 nitrogen and oxygen atoms in total. The zero-order valence-electron chi connectivity index (χ0n) is 7.79. The fourth-order valence-corrected chi connectivity index (χ4v) is 2.24. The monoisotopic (exact) mass is 239 g/mol. The first-order chi connectivity index (χ1) is 5.65. The molecule has 0 saturated carbocycles. The third-order valence-corrected chi connectivity index (χ3v) is 3.51. The SMILES string of the molecule is CCC(C)[C@H](N)c1ccc(Cl)s1.Cl. The molecule has 76 valence electrons. The van der Waals surface area contributed by atoms with Crippen LogP contribution in [-0.4, -0.2) is 0 Å². The Morgan fingerprint density at radius 1 is 1.54 bits per heavy atom. The molecule has 0 aliphatic carbocycles. The van der Waals surface area contributed by atoms with Crippen LogP contribution in [0.2, 0.25) is 4.34 Å². The van der Waals surface area contributed by atoms with Crippen LogP contribution < -0.4 is 5.73 Å². The maximum Gasteiger partial charge on any atom is 0.0931 e. The Labute approximate surface area is 94.7 Å². The predicted molar refractivity (Wildman–Crippen MR) is 63.0 cm³/mol. The highest BCUT2D eigenvalue weighted by Crippen LogP contribution is 2.30. The summed E-state index contributed by atoms with van der Waals surface area (Å²) in [6.45, 7) is 4.32. The van der Waals surface area contributed by atoms with Gasteiger partial charge in [-0.15, -0.1) is 23.7 Å². The van der Waals surface area contributed by atoms with Gasteiger partial charge in [-0.05, 0) is 18.1 Å². The van der Waals surface area contributed by atoms with Crippen molar-refractivity contribution < 1.29 is 0 Å². The van der Waals surface area contributed by atoms with E-state index in [9.17, 15) is 0 Å². The summed E-state index contributed by atoms with van der Waals surface area (Å²) in [5, 5.41) is 0. The third kappa shape index (κ3) is 3.47. The Bertz CT molecular complexity index is 250. The fraction of sp³-hybridized carbons (Fsp3) is 0.556. The standard InChI is InChI=1S/C9H14ClNS.ClH/c1-3-6(2)9(11)7-4-5-8(10)12-7;/h4-6,9H,3,11H2,1-2H3;1H/t6?,9-;/m0./s1. The van der Waals surface area contributed by atoms with Crippen molar-refractivity contribution in [1.82, 2.24) is 0 Å². The van der Waals surface area contributed by atoms with Crippen LogP contribution in [0.25, 0.3) is 0 Å². The van der Waals surface area contributed by atoms with Crippen LogP contribution in [0.15, 0.2) is 12.1 Å². The maximum atomic E-state index is 6.01. The van der Waals surface area contributed by atoms with Crippen molar-refractivity contribution in [3.8, 4) is 0 Å². The lowest BCUT2D eigenvalue weighted by Gasteiger charge is -2.16. The molecule has 0 amide bonds. The van der Waals surface area contributed by atoms with E-state index in [0.717, 1.165) is 10.8 Å². The second-order valence-corrected chi connectivity index (χ2v) is 4.80. The van der Waals surface area contributed by atoms with E-state index in [1.54, 1.807) is 11.3 Å². The summed E-state index contributed by atoms with van der Waals surface area (Å²) >= 11 is 7.40. The van der Waals surface area contributed by atoms with Crippen molar-refractivity contribution in [1.29, 1.82) is 0 Å². The van der Waals surface area contributed by atoms with Gasteiger partial charge >= 0.3 is 0 Å². The van der Waals surface area contributed by atoms with Crippen LogP contribution in [0.1, 0.15) is 31.2 Å². The quantitative estimate of drug-likeness (QED) is 0.852. The molecule has 0 bridgehead atoms. The first kappa shape index (κ1) is 13.2. The Morgan fingerprint density at radius 2 is 2.15 bits per heavy atom. The summed E-state index contributed by atoms with van der Waals surface area (Å²) in [4.78, 5) is 1.19. The van der Waals surface area contributed by atoms with E-state index in [0.29, 0.717) is 5.92 Å². The van der Waals surface area contributed by atoms with E-state index < -0.39 is 0 Å². The van der Waals surface area contributed by atoms with Crippen molar-refractivity contribution in [2.24, 2.45) is 11.7 Å². The number of hydrogen-bond donors (Lipinski definition) is 1. The minimum atomic E-state index is 0. The summed E-state index contributed by atoms with van der Waals surface area (Å²) in [5.74, 6) is 0.528. The first-order valence-corrected chi connectivity index (χ1v) is 5.35. The Morgan fingerprint density at radius 3 is 2.54 bits per heavy atom. The predicted octanol–water partition coefficient (Wildman–Crippen LogP) is 3.87. The molecule has 1 aromatic heterocycles. The van der Waals surface area contributed by atoms with Crippen molar-refractivity contribution in [2.75, 3.05) is 0 Å². The summed E-state index contributed by atoms with van der Waals surface area (Å²) < 4.78 is 0.823. The van der Waals surface area contributed by atoms with Crippen molar-refractivity contribution >= 4 is 35.3 Å². The molecule has 0 aromatic carbocycles. The van der Waals surface area contributed by atoms with Crippen LogP contribution in [0, 0.1) is 5.92 Å². The molecule has 2 atom stereocenters. The second-order valence-electron chi connectivity index (χ2n) is 3.05. The molecule has 0 spiro atoms. The number of hydrogen-bond acceptors (Lipinski definition) is 2. The van der Waals surface area contributed by atoms with Crippen LogP contribution in [-0.2, 0) is 0 Å². The van der Waals surface area contributed by atoms with Crippen molar-refractivity contribution in [2.45, 2.75) is 26.3 Å². The van der Waals surface area contributed by atoms with Gasteiger partial charge in [0.25, 0.3) is 0 Å². The van der Waals surface area contributed by atoms with Crippen LogP contribution in [0.3, 0.4) is 0 Å². The highest BCUT2D eigenvalue weighted by Gasteiger charge is 2.14. The van der Waals surface area contributed by atoms with Gasteiger partial charge in [-0.2, -0.15) is 0 Å². The average Bonchev–Trinajstić information content (AvgIpc) is 2.49. The van der Waals surface area contributed by atoms with E-state index in [-0.39, 0.29) is 18.4 Å². The summed E-state index contributed by atoms with van der Waals surface area (Å²) in [6.07, 6.45) is 1.11. The van der Waals surface area contributed by atoms with Gasteiger partial charge in [0.15, 0.2) is 0 Å². The molecule has 0 fully saturated rings. The molecule has 0 aliphatic rings. The van der Waals surface area contributed by atoms with Gasteiger partial charge in [-0.25, -0.2) is 0 Å². The summed E-state index contributed by atoms with van der Waals surface area (Å²) in [5.41, 5.74) is 6.01. The molecule has 0 radical (unpaired) electrons. The van der Waals surface area contributed by atoms with E-state index in [1.807, 2.05) is 12.1 Å². The van der Waals surface area contributed by atoms with Crippen molar-refractivity contribution in [3.63, 3.8) is 0 Å². The number of halogens is 2. The molecule has 13 heavy (non-hydrogen) atoms. The topological polar surface area (TPSA) is 26.0 Å². The molecule has 0 saturated heterocycles. The van der Waals surface area contributed by atoms with Gasteiger partial charge in [-0.3, -0.25) is 0 Å². The number of thiophene rings is 1. The van der Waals surface area contributed by atoms with Gasteiger partial charge in [0, 0.05) is 10.9 Å². The molecular weight excluding hydrogens is 225 g/mol. The average molecular weight is 240 g/mol. The van der Waals surface area contributed by atoms with Crippen LogP contribution >= 0.6 is 35.3 Å². The maximum absolute atomic E-state index is 6.01. The lowest BCUT2D eigenvalue weighted by molar-refractivity contribution is 0.462. The highest BCUT2D eigenvalue weighted by atomic mass is 35.5. The number of rotatable bonds is 3. The van der Waals surface area contributed by atoms with E-state index in [4.69, 9.17) is 17.3 Å². The second kappa shape index (κ2) is 5.86. The van der Waals surface area contributed by atoms with E-state index in [2.05, 4.69) is 13.8 Å². The van der Waals surface area contributed by atoms with Gasteiger partial charge in [0.2, 0.25) is 0 Å². The first-order valence-electron chi connectivity index (χ1n) is 4.16. The van der Waals surface area contributed by atoms with E-state index in [1.165, 1.54) is 4.88 Å². The summed E-state index contributed by atoms with van der Waals surface area (Å²) in [7, 11) is 0. The van der Waals surface area contributed by atoms with Crippen LogP contribution in [0.5, 0.6) is 0 Å². The normalized spacial score (nSPS) is 14.8. The van der Waals surface area contributed by atoms with E-state index >= 15 is 0 Å². The van der Waals surface area contributed by atoms with Gasteiger partial charge in [0.05, 0.1) is 4.34 Å². The van der Waals surface area contributed by atoms with Gasteiger partial charge in [-0.1, -0.05) is 31.9 Å². The van der Waals surface area contributed by atoms with Crippen LogP contribution in [0.4, 0.5) is 0 Å². The Hall–Kier alpha value is 0.240. The lowest BCUT2D eigenvalue weighted by atomic mass is 9.99. The zero-order chi connectivity index (χ0) is 9.14. The molecule has 0 aliphatic heterocycles. The molecular formula is C9H15Cl2NS. The Balaban J connectivity index is 0.00000144. The minimum Gasteiger partial charge on any atom is -0.323 e. The molecule has 2 N–H and O–H groups in total. The number of nitrogens with two attached hydrogens (primary N) is 1. The minimum absolute atomic E-state index is 0. The third-order valence-electron chi connectivity index (χ3n) is 2.18. The molecule has 1 unspecified atom stereocenters. The Kier molecular flexibility index (Phi) is 5.97. The molecule has 4 heteroatoms. The molecule has 1 rings (SSSR count). The smallest absolute Gasteiger partial charge is 0.0931 e. The molecule has 1 heterocycles. The molecule has 1 aromatic rings. The van der Waals surface area contributed by atoms with Crippen molar-refractivity contribution in [3.05, 3.63) is 21.3 Å². The fourth-order valence-electron chi connectivity index (χ4n) is 1.04. The lowest BCUT2D eigenvalue weighted by Crippen LogP contribution is -2.16. The largest absolute Gasteiger partial charge is 0.323 e.